The molecule has 0 aliphatic carbocycles. The Kier molecular flexibility index (Phi) is 3.79. The molecule has 64 valence electrons. The summed E-state index contributed by atoms with van der Waals surface area (Å²) in [5.41, 5.74) is 0.435. The molecule has 2 nitrogen and oxygen atoms in total. The molecule has 12 heavy (non-hydrogen) atoms. The molecule has 0 amide bonds. The van der Waals surface area contributed by atoms with Gasteiger partial charge in [0, 0.05) is 13.4 Å². The largest absolute Gasteiger partial charge is 0.489 e. The molecule has 1 rings (SSSR count). The van der Waals surface area contributed by atoms with Gasteiger partial charge in [0.25, 0.3) is 0 Å². The Morgan fingerprint density at radius 3 is 2.08 bits per heavy atom. The summed E-state index contributed by atoms with van der Waals surface area (Å²) < 4.78 is 2.28. The lowest BCUT2D eigenvalue weighted by Gasteiger charge is -2.05. The number of rotatable bonds is 1. The molecule has 0 saturated heterocycles. The van der Waals surface area contributed by atoms with Gasteiger partial charge >= 0.3 is 7.12 Å². The van der Waals surface area contributed by atoms with Crippen LogP contribution in [-0.4, -0.2) is 17.2 Å². The van der Waals surface area contributed by atoms with E-state index in [0.29, 0.717) is 9.94 Å². The molecule has 0 spiro atoms. The topological polar surface area (TPSA) is 40.5 Å². The molecule has 0 aliphatic heterocycles. The number of halogens is 3. The molecule has 2 N–H and O–H groups in total. The fourth-order valence-electron chi connectivity index (χ4n) is 0.740. The van der Waals surface area contributed by atoms with Crippen LogP contribution in [0.5, 0.6) is 0 Å². The van der Waals surface area contributed by atoms with Crippen molar-refractivity contribution in [2.75, 3.05) is 0 Å². The van der Waals surface area contributed by atoms with Gasteiger partial charge in [-0.1, -0.05) is 6.07 Å². The van der Waals surface area contributed by atoms with Crippen molar-refractivity contribution in [1.82, 2.24) is 0 Å². The maximum Gasteiger partial charge on any atom is 0.489 e. The lowest BCUT2D eigenvalue weighted by Crippen LogP contribution is -2.31. The molecule has 0 radical (unpaired) electrons. The van der Waals surface area contributed by atoms with Gasteiger partial charge in [0.15, 0.2) is 0 Å². The van der Waals surface area contributed by atoms with Crippen LogP contribution in [0.25, 0.3) is 0 Å². The van der Waals surface area contributed by atoms with E-state index in [0.717, 1.165) is 8.95 Å². The van der Waals surface area contributed by atoms with E-state index in [1.807, 2.05) is 0 Å². The van der Waals surface area contributed by atoms with Gasteiger partial charge in [-0.3, -0.25) is 0 Å². The molecule has 0 fully saturated rings. The third kappa shape index (κ3) is 2.11. The monoisotopic (exact) mass is 356 g/mol. The van der Waals surface area contributed by atoms with E-state index >= 15 is 0 Å². The third-order valence-corrected chi connectivity index (χ3v) is 4.75. The predicted octanol–water partition coefficient (Wildman–Crippen LogP) is 1.65. The molecule has 0 aliphatic rings. The zero-order valence-electron chi connectivity index (χ0n) is 5.76. The average molecular weight is 359 g/mol. The standard InChI is InChI=1S/C6H4BBr3O2/c8-4-2-1-3(7(11)12)5(9)6(4)10/h1-2,11-12H. The van der Waals surface area contributed by atoms with Gasteiger partial charge in [0.1, 0.15) is 0 Å². The first-order valence-corrected chi connectivity index (χ1v) is 5.41. The lowest BCUT2D eigenvalue weighted by molar-refractivity contribution is 0.425. The van der Waals surface area contributed by atoms with Gasteiger partial charge < -0.3 is 10.0 Å². The van der Waals surface area contributed by atoms with Crippen LogP contribution in [0.3, 0.4) is 0 Å². The van der Waals surface area contributed by atoms with Crippen molar-refractivity contribution in [2.24, 2.45) is 0 Å². The Morgan fingerprint density at radius 1 is 1.00 bits per heavy atom. The van der Waals surface area contributed by atoms with E-state index in [4.69, 9.17) is 10.0 Å². The highest BCUT2D eigenvalue weighted by Crippen LogP contribution is 2.29. The maximum atomic E-state index is 8.91. The van der Waals surface area contributed by atoms with Crippen LogP contribution in [-0.2, 0) is 0 Å². The van der Waals surface area contributed by atoms with Crippen molar-refractivity contribution < 1.29 is 10.0 Å². The Hall–Kier alpha value is 0.645. The Labute approximate surface area is 95.5 Å². The van der Waals surface area contributed by atoms with Crippen molar-refractivity contribution in [2.45, 2.75) is 0 Å². The highest BCUT2D eigenvalue weighted by atomic mass is 79.9. The van der Waals surface area contributed by atoms with Gasteiger partial charge in [-0.05, 0) is 59.3 Å². The molecule has 0 unspecified atom stereocenters. The van der Waals surface area contributed by atoms with E-state index in [1.54, 1.807) is 12.1 Å². The first-order valence-electron chi connectivity index (χ1n) is 3.03. The summed E-state index contributed by atoms with van der Waals surface area (Å²) >= 11 is 9.81. The molecule has 0 heterocycles. The number of hydrogen-bond acceptors (Lipinski definition) is 2. The van der Waals surface area contributed by atoms with Crippen LogP contribution < -0.4 is 5.46 Å². The quantitative estimate of drug-likeness (QED) is 0.592. The molecule has 1 aromatic carbocycles. The summed E-state index contributed by atoms with van der Waals surface area (Å²) in [7, 11) is -1.45. The number of hydrogen-bond donors (Lipinski definition) is 2. The Morgan fingerprint density at radius 2 is 1.58 bits per heavy atom. The fourth-order valence-corrected chi connectivity index (χ4v) is 2.25. The summed E-state index contributed by atoms with van der Waals surface area (Å²) in [6, 6.07) is 3.37. The highest BCUT2D eigenvalue weighted by Gasteiger charge is 2.17. The zero-order chi connectivity index (χ0) is 9.30. The van der Waals surface area contributed by atoms with Crippen molar-refractivity contribution in [3.05, 3.63) is 25.6 Å². The molecule has 0 atom stereocenters. The fraction of sp³-hybridized carbons (Fsp3) is 0. The molecule has 0 saturated carbocycles. The first kappa shape index (κ1) is 10.7. The summed E-state index contributed by atoms with van der Waals surface area (Å²) in [6.07, 6.45) is 0. The van der Waals surface area contributed by atoms with E-state index in [-0.39, 0.29) is 0 Å². The minimum absolute atomic E-state index is 0.435. The average Bonchev–Trinajstić information content (AvgIpc) is 2.00. The van der Waals surface area contributed by atoms with Crippen molar-refractivity contribution in [3.63, 3.8) is 0 Å². The van der Waals surface area contributed by atoms with Crippen molar-refractivity contribution >= 4 is 60.4 Å². The Bertz CT molecular complexity index is 303. The van der Waals surface area contributed by atoms with Crippen LogP contribution >= 0.6 is 47.8 Å². The van der Waals surface area contributed by atoms with Crippen LogP contribution in [0, 0.1) is 0 Å². The van der Waals surface area contributed by atoms with Crippen LogP contribution in [0.1, 0.15) is 0 Å². The van der Waals surface area contributed by atoms with E-state index in [1.165, 1.54) is 0 Å². The predicted molar refractivity (Wildman–Crippen MR) is 59.4 cm³/mol. The summed E-state index contributed by atoms with van der Waals surface area (Å²) in [4.78, 5) is 0. The first-order chi connectivity index (χ1) is 5.54. The van der Waals surface area contributed by atoms with Gasteiger partial charge in [-0.25, -0.2) is 0 Å². The normalized spacial score (nSPS) is 10.1. The molecule has 0 bridgehead atoms. The highest BCUT2D eigenvalue weighted by molar-refractivity contribution is 9.14. The molecular formula is C6H4BBr3O2. The molecular weight excluding hydrogens is 355 g/mol. The van der Waals surface area contributed by atoms with Crippen LogP contribution in [0.2, 0.25) is 0 Å². The Balaban J connectivity index is 3.27. The SMILES string of the molecule is OB(O)c1ccc(Br)c(Br)c1Br. The summed E-state index contributed by atoms with van der Waals surface area (Å²) in [5.74, 6) is 0. The van der Waals surface area contributed by atoms with E-state index < -0.39 is 7.12 Å². The summed E-state index contributed by atoms with van der Waals surface area (Å²) in [5, 5.41) is 17.8. The smallest absolute Gasteiger partial charge is 0.423 e. The third-order valence-electron chi connectivity index (χ3n) is 1.34. The zero-order valence-corrected chi connectivity index (χ0v) is 10.5. The minimum atomic E-state index is -1.45. The van der Waals surface area contributed by atoms with Gasteiger partial charge in [-0.15, -0.1) is 0 Å². The minimum Gasteiger partial charge on any atom is -0.423 e. The molecule has 0 aromatic heterocycles. The summed E-state index contributed by atoms with van der Waals surface area (Å²) in [6.45, 7) is 0. The van der Waals surface area contributed by atoms with Gasteiger partial charge in [0.05, 0.1) is 0 Å². The molecule has 1 aromatic rings. The van der Waals surface area contributed by atoms with E-state index in [2.05, 4.69) is 47.8 Å². The second kappa shape index (κ2) is 4.24. The second-order valence-corrected chi connectivity index (χ2v) is 4.58. The second-order valence-electron chi connectivity index (χ2n) is 2.14. The van der Waals surface area contributed by atoms with Crippen LogP contribution in [0.4, 0.5) is 0 Å². The van der Waals surface area contributed by atoms with Crippen molar-refractivity contribution in [1.29, 1.82) is 0 Å². The van der Waals surface area contributed by atoms with Gasteiger partial charge in [0.2, 0.25) is 0 Å². The lowest BCUT2D eigenvalue weighted by atomic mass is 9.80. The van der Waals surface area contributed by atoms with Crippen molar-refractivity contribution in [3.8, 4) is 0 Å². The van der Waals surface area contributed by atoms with Crippen LogP contribution in [0.15, 0.2) is 25.6 Å². The maximum absolute atomic E-state index is 8.91. The molecule has 6 heteroatoms. The number of benzene rings is 1. The van der Waals surface area contributed by atoms with Gasteiger partial charge in [-0.2, -0.15) is 0 Å². The van der Waals surface area contributed by atoms with E-state index in [9.17, 15) is 0 Å².